The van der Waals surface area contributed by atoms with Crippen LogP contribution in [0.25, 0.3) is 10.9 Å². The van der Waals surface area contributed by atoms with Crippen LogP contribution in [0.2, 0.25) is 0 Å². The predicted octanol–water partition coefficient (Wildman–Crippen LogP) is 3.29. The summed E-state index contributed by atoms with van der Waals surface area (Å²) in [6, 6.07) is 7.96. The molecule has 4 N–H and O–H groups in total. The molecule has 8 nitrogen and oxygen atoms in total. The van der Waals surface area contributed by atoms with Gasteiger partial charge in [-0.3, -0.25) is 9.79 Å². The van der Waals surface area contributed by atoms with Gasteiger partial charge >= 0.3 is 6.03 Å². The molecule has 0 bridgehead atoms. The maximum atomic E-state index is 12.5. The third kappa shape index (κ3) is 5.99. The number of amidine groups is 1. The molecule has 1 aromatic carbocycles. The molecular weight excluding hydrogens is 392 g/mol. The first-order chi connectivity index (χ1) is 15.0. The summed E-state index contributed by atoms with van der Waals surface area (Å²) < 4.78 is 0. The lowest BCUT2D eigenvalue weighted by molar-refractivity contribution is 0.209. The largest absolute Gasteiger partial charge is 0.387 e. The molecule has 1 aliphatic heterocycles. The number of carbonyl (C=O) groups is 1. The minimum Gasteiger partial charge on any atom is -0.387 e. The number of amides is 2. The summed E-state index contributed by atoms with van der Waals surface area (Å²) in [6.45, 7) is 9.94. The van der Waals surface area contributed by atoms with Crippen LogP contribution >= 0.6 is 0 Å². The van der Waals surface area contributed by atoms with Crippen molar-refractivity contribution in [3.63, 3.8) is 0 Å². The molecular formula is C23H28N6O2. The molecule has 31 heavy (non-hydrogen) atoms. The van der Waals surface area contributed by atoms with E-state index in [9.17, 15) is 9.59 Å². The summed E-state index contributed by atoms with van der Waals surface area (Å²) in [5, 5.41) is 3.54. The highest BCUT2D eigenvalue weighted by molar-refractivity contribution is 6.04. The maximum absolute atomic E-state index is 12.5. The Hall–Kier alpha value is -3.52. The fraction of sp³-hybridized carbons (Fsp3) is 0.304. The summed E-state index contributed by atoms with van der Waals surface area (Å²) in [5.41, 5.74) is 7.88. The normalized spacial score (nSPS) is 18.0. The van der Waals surface area contributed by atoms with Gasteiger partial charge in [-0.2, -0.15) is 4.99 Å². The standard InChI is InChI=1S/C23H28N6O2/c1-3-18(25-4-2)12-14-29-13-6-8-17(15-29)22(24)28-23(31)26-19-9-5-7-16-10-11-20(30)27-21(16)19/h3-5,7,9-11,17H,1-2,6,8,12-15H2,(H,27,30)(H3,24,26,28,31). The smallest absolute Gasteiger partial charge is 0.347 e. The van der Waals surface area contributed by atoms with Gasteiger partial charge in [-0.1, -0.05) is 25.3 Å². The lowest BCUT2D eigenvalue weighted by Crippen LogP contribution is -2.42. The number of pyridine rings is 1. The van der Waals surface area contributed by atoms with Crippen molar-refractivity contribution in [1.29, 1.82) is 0 Å². The van der Waals surface area contributed by atoms with Crippen LogP contribution in [0.5, 0.6) is 0 Å². The Bertz CT molecular complexity index is 1080. The second-order valence-electron chi connectivity index (χ2n) is 7.46. The van der Waals surface area contributed by atoms with Gasteiger partial charge in [0.2, 0.25) is 5.56 Å². The zero-order valence-electron chi connectivity index (χ0n) is 17.5. The van der Waals surface area contributed by atoms with Gasteiger partial charge in [0.1, 0.15) is 5.84 Å². The average Bonchev–Trinajstić information content (AvgIpc) is 2.77. The van der Waals surface area contributed by atoms with Crippen LogP contribution in [0.15, 0.2) is 70.5 Å². The van der Waals surface area contributed by atoms with Crippen molar-refractivity contribution < 1.29 is 4.79 Å². The number of aromatic amines is 1. The van der Waals surface area contributed by atoms with E-state index >= 15 is 0 Å². The average molecular weight is 421 g/mol. The number of benzene rings is 1. The number of anilines is 1. The summed E-state index contributed by atoms with van der Waals surface area (Å²) in [7, 11) is 0. The number of hydrogen-bond donors (Lipinski definition) is 3. The molecule has 1 aromatic heterocycles. The van der Waals surface area contributed by atoms with Gasteiger partial charge in [0.15, 0.2) is 0 Å². The summed E-state index contributed by atoms with van der Waals surface area (Å²) in [6.07, 6.45) is 5.90. The summed E-state index contributed by atoms with van der Waals surface area (Å²) in [5.74, 6) is 0.329. The lowest BCUT2D eigenvalue weighted by Gasteiger charge is -2.32. The number of urea groups is 1. The van der Waals surface area contributed by atoms with Crippen LogP contribution in [-0.2, 0) is 0 Å². The van der Waals surface area contributed by atoms with Gasteiger partial charge < -0.3 is 20.9 Å². The zero-order chi connectivity index (χ0) is 22.2. The predicted molar refractivity (Wildman–Crippen MR) is 127 cm³/mol. The molecule has 8 heteroatoms. The number of aromatic nitrogens is 1. The summed E-state index contributed by atoms with van der Waals surface area (Å²) in [4.78, 5) is 37.4. The van der Waals surface area contributed by atoms with Crippen LogP contribution in [0, 0.1) is 5.92 Å². The number of para-hydroxylation sites is 1. The molecule has 0 radical (unpaired) electrons. The molecule has 1 aliphatic rings. The van der Waals surface area contributed by atoms with Crippen LogP contribution in [0.3, 0.4) is 0 Å². The molecule has 1 atom stereocenters. The second-order valence-corrected chi connectivity index (χ2v) is 7.46. The number of nitrogens with one attached hydrogen (secondary N) is 2. The molecule has 1 saturated heterocycles. The van der Waals surface area contributed by atoms with Crippen molar-refractivity contribution in [1.82, 2.24) is 9.88 Å². The van der Waals surface area contributed by atoms with Crippen molar-refractivity contribution in [2.75, 3.05) is 25.0 Å². The number of H-pyrrole nitrogens is 1. The highest BCUT2D eigenvalue weighted by Gasteiger charge is 2.23. The Morgan fingerprint density at radius 2 is 2.16 bits per heavy atom. The minimum atomic E-state index is -0.557. The number of piperidine rings is 1. The molecule has 1 unspecified atom stereocenters. The van der Waals surface area contributed by atoms with Crippen LogP contribution < -0.4 is 16.6 Å². The van der Waals surface area contributed by atoms with E-state index in [0.29, 0.717) is 17.0 Å². The topological polar surface area (TPSA) is 116 Å². The Morgan fingerprint density at radius 1 is 1.32 bits per heavy atom. The highest BCUT2D eigenvalue weighted by Crippen LogP contribution is 2.21. The number of nitrogens with two attached hydrogens (primary N) is 1. The first-order valence-corrected chi connectivity index (χ1v) is 10.3. The number of rotatable bonds is 7. The second kappa shape index (κ2) is 10.5. The Morgan fingerprint density at radius 3 is 2.94 bits per heavy atom. The third-order valence-electron chi connectivity index (χ3n) is 5.33. The van der Waals surface area contributed by atoms with E-state index in [0.717, 1.165) is 50.0 Å². The zero-order valence-corrected chi connectivity index (χ0v) is 17.5. The number of carbonyl (C=O) groups excluding carboxylic acids is 1. The molecule has 0 saturated carbocycles. The maximum Gasteiger partial charge on any atom is 0.347 e. The van der Waals surface area contributed by atoms with Crippen molar-refractivity contribution in [2.24, 2.45) is 21.6 Å². The molecule has 162 valence electrons. The monoisotopic (exact) mass is 420 g/mol. The van der Waals surface area contributed by atoms with Crippen molar-refractivity contribution >= 4 is 34.2 Å². The van der Waals surface area contributed by atoms with Gasteiger partial charge in [-0.05, 0) is 37.6 Å². The molecule has 0 spiro atoms. The molecule has 2 heterocycles. The highest BCUT2D eigenvalue weighted by atomic mass is 16.2. The lowest BCUT2D eigenvalue weighted by atomic mass is 9.96. The number of fused-ring (bicyclic) bond motifs is 1. The minimum absolute atomic E-state index is 0.00958. The Balaban J connectivity index is 1.64. The van der Waals surface area contributed by atoms with E-state index in [-0.39, 0.29) is 11.5 Å². The molecule has 2 aromatic rings. The number of hydrogen-bond acceptors (Lipinski definition) is 4. The van der Waals surface area contributed by atoms with Gasteiger partial charge in [0, 0.05) is 48.8 Å². The molecule has 1 fully saturated rings. The number of allylic oxidation sites excluding steroid dienone is 1. The molecule has 0 aliphatic carbocycles. The van der Waals surface area contributed by atoms with E-state index in [4.69, 9.17) is 5.73 Å². The van der Waals surface area contributed by atoms with E-state index in [1.807, 2.05) is 6.07 Å². The summed E-state index contributed by atoms with van der Waals surface area (Å²) >= 11 is 0. The van der Waals surface area contributed by atoms with Crippen LogP contribution in [0.1, 0.15) is 19.3 Å². The fourth-order valence-corrected chi connectivity index (χ4v) is 3.74. The number of nitrogens with zero attached hydrogens (tertiary/aromatic N) is 3. The van der Waals surface area contributed by atoms with E-state index < -0.39 is 6.03 Å². The van der Waals surface area contributed by atoms with Crippen LogP contribution in [-0.4, -0.2) is 47.1 Å². The van der Waals surface area contributed by atoms with E-state index in [1.54, 1.807) is 24.3 Å². The van der Waals surface area contributed by atoms with Crippen LogP contribution in [0.4, 0.5) is 10.5 Å². The quantitative estimate of drug-likeness (QED) is 0.471. The fourth-order valence-electron chi connectivity index (χ4n) is 3.74. The van der Waals surface area contributed by atoms with E-state index in [1.165, 1.54) is 12.3 Å². The number of aliphatic imine (C=N–C) groups is 2. The first kappa shape index (κ1) is 22.2. The SMILES string of the molecule is C=CN=C(C=C)CCN1CCCC(/C(N)=N/C(=O)Nc2cccc3ccc(=O)[nH]c23)C1. The van der Waals surface area contributed by atoms with E-state index in [2.05, 4.69) is 38.3 Å². The Kier molecular flexibility index (Phi) is 7.50. The Labute approximate surface area is 181 Å². The molecule has 2 amide bonds. The first-order valence-electron chi connectivity index (χ1n) is 10.3. The third-order valence-corrected chi connectivity index (χ3v) is 5.33. The van der Waals surface area contributed by atoms with Crippen molar-refractivity contribution in [2.45, 2.75) is 19.3 Å². The van der Waals surface area contributed by atoms with Gasteiger partial charge in [-0.15, -0.1) is 0 Å². The number of likely N-dealkylation sites (tertiary alicyclic amines) is 1. The molecule has 3 rings (SSSR count). The van der Waals surface area contributed by atoms with Gasteiger partial charge in [0.05, 0.1) is 11.2 Å². The van der Waals surface area contributed by atoms with Crippen molar-refractivity contribution in [3.05, 3.63) is 66.1 Å². The van der Waals surface area contributed by atoms with Gasteiger partial charge in [0.25, 0.3) is 0 Å². The van der Waals surface area contributed by atoms with Crippen molar-refractivity contribution in [3.8, 4) is 0 Å². The van der Waals surface area contributed by atoms with Gasteiger partial charge in [-0.25, -0.2) is 4.79 Å².